The van der Waals surface area contributed by atoms with Crippen LogP contribution in [0.5, 0.6) is 5.75 Å². The Kier molecular flexibility index (Phi) is 4.13. The predicted molar refractivity (Wildman–Crippen MR) is 78.3 cm³/mol. The maximum atomic E-state index is 11.8. The number of Topliss-reactive ketones (excluding diaryl/α,β-unsaturated/α-hetero) is 1. The van der Waals surface area contributed by atoms with Crippen molar-refractivity contribution in [3.05, 3.63) is 23.8 Å². The maximum Gasteiger partial charge on any atom is 0.162 e. The first-order chi connectivity index (χ1) is 9.06. The number of carbonyl (C=O) groups is 1. The van der Waals surface area contributed by atoms with Crippen LogP contribution < -0.4 is 9.64 Å². The Hall–Kier alpha value is -1.51. The maximum absolute atomic E-state index is 11.8. The van der Waals surface area contributed by atoms with E-state index >= 15 is 0 Å². The molecule has 0 fully saturated rings. The molecule has 19 heavy (non-hydrogen) atoms. The first-order valence-corrected chi connectivity index (χ1v) is 7.17. The highest BCUT2D eigenvalue weighted by Crippen LogP contribution is 2.36. The number of rotatable bonds is 4. The minimum atomic E-state index is 0.184. The summed E-state index contributed by atoms with van der Waals surface area (Å²) in [6, 6.07) is 6.20. The summed E-state index contributed by atoms with van der Waals surface area (Å²) >= 11 is 0. The van der Waals surface area contributed by atoms with E-state index in [9.17, 15) is 4.79 Å². The van der Waals surface area contributed by atoms with Gasteiger partial charge in [0.1, 0.15) is 11.9 Å². The number of benzene rings is 1. The van der Waals surface area contributed by atoms with E-state index in [1.54, 1.807) is 0 Å². The van der Waals surface area contributed by atoms with E-state index in [1.165, 1.54) is 0 Å². The van der Waals surface area contributed by atoms with Gasteiger partial charge < -0.3 is 9.64 Å². The summed E-state index contributed by atoms with van der Waals surface area (Å²) in [5, 5.41) is 0. The smallest absolute Gasteiger partial charge is 0.162 e. The molecule has 0 saturated heterocycles. The topological polar surface area (TPSA) is 29.5 Å². The Morgan fingerprint density at radius 3 is 2.74 bits per heavy atom. The number of nitrogens with zero attached hydrogens (tertiary/aromatic N) is 1. The number of carbonyl (C=O) groups excluding carboxylic acids is 1. The largest absolute Gasteiger partial charge is 0.486 e. The first kappa shape index (κ1) is 13.9. The summed E-state index contributed by atoms with van der Waals surface area (Å²) < 4.78 is 5.98. The number of ketones is 1. The molecule has 0 amide bonds. The zero-order chi connectivity index (χ0) is 14.0. The molecule has 3 heteroatoms. The van der Waals surface area contributed by atoms with Gasteiger partial charge in [-0.05, 0) is 38.5 Å². The Morgan fingerprint density at radius 2 is 2.16 bits per heavy atom. The highest BCUT2D eigenvalue weighted by Gasteiger charge is 2.26. The van der Waals surface area contributed by atoms with E-state index in [0.29, 0.717) is 12.5 Å². The minimum absolute atomic E-state index is 0.184. The summed E-state index contributed by atoms with van der Waals surface area (Å²) in [5.41, 5.74) is 1.84. The number of fused-ring (bicyclic) bond motifs is 1. The number of anilines is 1. The summed E-state index contributed by atoms with van der Waals surface area (Å²) in [7, 11) is 0. The number of hydrogen-bond acceptors (Lipinski definition) is 3. The van der Waals surface area contributed by atoms with Crippen LogP contribution in [0.1, 0.15) is 50.9 Å². The van der Waals surface area contributed by atoms with Gasteiger partial charge in [-0.1, -0.05) is 13.8 Å². The van der Waals surface area contributed by atoms with Crippen LogP contribution in [0.15, 0.2) is 18.2 Å². The van der Waals surface area contributed by atoms with Crippen LogP contribution in [0.3, 0.4) is 0 Å². The van der Waals surface area contributed by atoms with Gasteiger partial charge in [-0.15, -0.1) is 0 Å². The monoisotopic (exact) mass is 261 g/mol. The molecule has 1 aliphatic rings. The van der Waals surface area contributed by atoms with Crippen LogP contribution in [-0.4, -0.2) is 24.5 Å². The molecule has 1 heterocycles. The fourth-order valence-electron chi connectivity index (χ4n) is 2.46. The number of hydrogen-bond donors (Lipinski definition) is 0. The molecule has 1 aromatic rings. The molecule has 1 aromatic carbocycles. The van der Waals surface area contributed by atoms with Crippen LogP contribution in [0.2, 0.25) is 0 Å². The molecule has 104 valence electrons. The lowest BCUT2D eigenvalue weighted by Gasteiger charge is -2.38. The highest BCUT2D eigenvalue weighted by atomic mass is 16.5. The molecule has 0 aliphatic carbocycles. The average Bonchev–Trinajstić information content (AvgIpc) is 2.44. The zero-order valence-corrected chi connectivity index (χ0v) is 12.3. The molecule has 0 aromatic heterocycles. The van der Waals surface area contributed by atoms with Crippen molar-refractivity contribution >= 4 is 11.5 Å². The van der Waals surface area contributed by atoms with Crippen molar-refractivity contribution in [2.75, 3.05) is 11.4 Å². The molecule has 2 rings (SSSR count). The van der Waals surface area contributed by atoms with Crippen molar-refractivity contribution in [1.82, 2.24) is 0 Å². The fourth-order valence-corrected chi connectivity index (χ4v) is 2.46. The molecule has 1 atom stereocenters. The van der Waals surface area contributed by atoms with Crippen molar-refractivity contribution in [3.8, 4) is 5.75 Å². The van der Waals surface area contributed by atoms with Crippen molar-refractivity contribution in [1.29, 1.82) is 0 Å². The third-order valence-electron chi connectivity index (χ3n) is 3.68. The van der Waals surface area contributed by atoms with E-state index < -0.39 is 0 Å². The van der Waals surface area contributed by atoms with Gasteiger partial charge in [0.05, 0.1) is 12.2 Å². The van der Waals surface area contributed by atoms with E-state index in [1.807, 2.05) is 25.1 Å². The van der Waals surface area contributed by atoms with E-state index in [-0.39, 0.29) is 11.9 Å². The molecule has 3 nitrogen and oxygen atoms in total. The van der Waals surface area contributed by atoms with Gasteiger partial charge in [0.25, 0.3) is 0 Å². The van der Waals surface area contributed by atoms with E-state index in [2.05, 4.69) is 25.7 Å². The molecule has 0 saturated carbocycles. The summed E-state index contributed by atoms with van der Waals surface area (Å²) in [5.74, 6) is 1.09. The summed E-state index contributed by atoms with van der Waals surface area (Å²) in [4.78, 5) is 14.2. The molecular weight excluding hydrogens is 238 g/mol. The third kappa shape index (κ3) is 2.75. The molecular formula is C16H23NO2. The second kappa shape index (κ2) is 5.64. The highest BCUT2D eigenvalue weighted by molar-refractivity contribution is 5.97. The van der Waals surface area contributed by atoms with E-state index in [0.717, 1.165) is 30.0 Å². The standard InChI is InChI=1S/C16H23NO2/c1-5-13-10-17(11(3)4)14-9-12(15(18)6-2)7-8-16(14)19-13/h7-9,11,13H,5-6,10H2,1-4H3. The quantitative estimate of drug-likeness (QED) is 0.775. The van der Waals surface area contributed by atoms with Crippen LogP contribution in [0, 0.1) is 0 Å². The van der Waals surface area contributed by atoms with Crippen molar-refractivity contribution in [2.24, 2.45) is 0 Å². The summed E-state index contributed by atoms with van der Waals surface area (Å²) in [6.45, 7) is 9.28. The van der Waals surface area contributed by atoms with E-state index in [4.69, 9.17) is 4.74 Å². The van der Waals surface area contributed by atoms with Crippen LogP contribution in [0.4, 0.5) is 5.69 Å². The summed E-state index contributed by atoms with van der Waals surface area (Å²) in [6.07, 6.45) is 1.78. The third-order valence-corrected chi connectivity index (χ3v) is 3.68. The second-order valence-corrected chi connectivity index (χ2v) is 5.35. The van der Waals surface area contributed by atoms with Crippen LogP contribution in [-0.2, 0) is 0 Å². The van der Waals surface area contributed by atoms with Gasteiger partial charge in [-0.3, -0.25) is 4.79 Å². The van der Waals surface area contributed by atoms with Gasteiger partial charge >= 0.3 is 0 Å². The van der Waals surface area contributed by atoms with Crippen LogP contribution >= 0.6 is 0 Å². The van der Waals surface area contributed by atoms with Crippen LogP contribution in [0.25, 0.3) is 0 Å². The lowest BCUT2D eigenvalue weighted by atomic mass is 10.0. The van der Waals surface area contributed by atoms with Gasteiger partial charge in [-0.25, -0.2) is 0 Å². The van der Waals surface area contributed by atoms with Gasteiger partial charge in [-0.2, -0.15) is 0 Å². The van der Waals surface area contributed by atoms with Crippen molar-refractivity contribution in [3.63, 3.8) is 0 Å². The molecule has 0 N–H and O–H groups in total. The normalized spacial score (nSPS) is 18.2. The zero-order valence-electron chi connectivity index (χ0n) is 12.3. The molecule has 0 radical (unpaired) electrons. The predicted octanol–water partition coefficient (Wildman–Crippen LogP) is 3.67. The van der Waals surface area contributed by atoms with Crippen molar-refractivity contribution in [2.45, 2.75) is 52.7 Å². The van der Waals surface area contributed by atoms with Crippen molar-refractivity contribution < 1.29 is 9.53 Å². The van der Waals surface area contributed by atoms with Gasteiger partial charge in [0, 0.05) is 18.0 Å². The lowest BCUT2D eigenvalue weighted by molar-refractivity contribution is 0.0988. The molecule has 1 unspecified atom stereocenters. The second-order valence-electron chi connectivity index (χ2n) is 5.35. The molecule has 0 bridgehead atoms. The Morgan fingerprint density at radius 1 is 1.42 bits per heavy atom. The SMILES string of the molecule is CCC(=O)c1ccc2c(c1)N(C(C)C)CC(CC)O2. The Balaban J connectivity index is 2.40. The average molecular weight is 261 g/mol. The number of ether oxygens (including phenoxy) is 1. The lowest BCUT2D eigenvalue weighted by Crippen LogP contribution is -2.43. The first-order valence-electron chi connectivity index (χ1n) is 7.17. The molecule has 0 spiro atoms. The van der Waals surface area contributed by atoms with Gasteiger partial charge in [0.15, 0.2) is 5.78 Å². The van der Waals surface area contributed by atoms with Gasteiger partial charge in [0.2, 0.25) is 0 Å². The molecule has 1 aliphatic heterocycles. The Bertz CT molecular complexity index is 468. The fraction of sp³-hybridized carbons (Fsp3) is 0.562. The minimum Gasteiger partial charge on any atom is -0.486 e. The Labute approximate surface area is 115 Å².